The number of rotatable bonds is 0. The summed E-state index contributed by atoms with van der Waals surface area (Å²) in [5, 5.41) is 4.33. The van der Waals surface area contributed by atoms with Gasteiger partial charge in [0.1, 0.15) is 0 Å². The molecule has 2 aliphatic rings. The van der Waals surface area contributed by atoms with E-state index in [2.05, 4.69) is 15.2 Å². The van der Waals surface area contributed by atoms with Crippen LogP contribution in [0.15, 0.2) is 4.99 Å². The first-order valence-electron chi connectivity index (χ1n) is 3.94. The molecule has 0 saturated carbocycles. The molecule has 0 spiro atoms. The fraction of sp³-hybridized carbons (Fsp3) is 0.857. The Morgan fingerprint density at radius 2 is 2.09 bits per heavy atom. The van der Waals surface area contributed by atoms with E-state index in [-0.39, 0.29) is 29.6 Å². The van der Waals surface area contributed by atoms with Crippen LogP contribution in [0.4, 0.5) is 0 Å². The molecular formula is C7H12N3Na. The molecule has 0 aromatic carbocycles. The average Bonchev–Trinajstić information content (AvgIpc) is 2.05. The fourth-order valence-corrected chi connectivity index (χ4v) is 1.44. The third kappa shape index (κ3) is 2.10. The summed E-state index contributed by atoms with van der Waals surface area (Å²) >= 11 is 0. The Morgan fingerprint density at radius 1 is 1.27 bits per heavy atom. The largest absolute Gasteiger partial charge is 1.00 e. The average molecular weight is 161 g/mol. The van der Waals surface area contributed by atoms with Gasteiger partial charge in [0, 0.05) is 5.96 Å². The molecule has 0 aliphatic carbocycles. The van der Waals surface area contributed by atoms with Crippen molar-refractivity contribution >= 4 is 5.96 Å². The third-order valence-electron chi connectivity index (χ3n) is 1.96. The van der Waals surface area contributed by atoms with E-state index in [0.29, 0.717) is 0 Å². The van der Waals surface area contributed by atoms with Crippen molar-refractivity contribution in [3.63, 3.8) is 0 Å². The molecule has 11 heavy (non-hydrogen) atoms. The van der Waals surface area contributed by atoms with Gasteiger partial charge in [-0.3, -0.25) is 0 Å². The molecule has 1 fully saturated rings. The number of hydrogen-bond donors (Lipinski definition) is 0. The Bertz CT molecular complexity index is 158. The van der Waals surface area contributed by atoms with Gasteiger partial charge in [-0.15, -0.1) is 0 Å². The van der Waals surface area contributed by atoms with E-state index in [0.717, 1.165) is 19.0 Å². The van der Waals surface area contributed by atoms with Crippen LogP contribution < -0.4 is 29.6 Å². The van der Waals surface area contributed by atoms with Crippen molar-refractivity contribution in [2.24, 2.45) is 4.99 Å². The Morgan fingerprint density at radius 3 is 2.91 bits per heavy atom. The zero-order valence-electron chi connectivity index (χ0n) is 7.08. The molecule has 0 bridgehead atoms. The molecule has 2 rings (SSSR count). The number of nitrogens with zero attached hydrogens (tertiary/aromatic N) is 3. The van der Waals surface area contributed by atoms with Crippen LogP contribution in [0.25, 0.3) is 5.32 Å². The molecule has 2 heterocycles. The van der Waals surface area contributed by atoms with E-state index >= 15 is 0 Å². The molecule has 4 heteroatoms. The van der Waals surface area contributed by atoms with Crippen molar-refractivity contribution < 1.29 is 29.6 Å². The summed E-state index contributed by atoms with van der Waals surface area (Å²) in [6, 6.07) is 0. The van der Waals surface area contributed by atoms with Crippen molar-refractivity contribution in [2.75, 3.05) is 26.2 Å². The maximum atomic E-state index is 4.33. The quantitative estimate of drug-likeness (QED) is 0.372. The van der Waals surface area contributed by atoms with Gasteiger partial charge in [0.2, 0.25) is 0 Å². The van der Waals surface area contributed by atoms with Crippen LogP contribution in [0.5, 0.6) is 0 Å². The minimum Gasteiger partial charge on any atom is -0.426 e. The number of fused-ring (bicyclic) bond motifs is 1. The van der Waals surface area contributed by atoms with Crippen molar-refractivity contribution in [2.45, 2.75) is 12.8 Å². The van der Waals surface area contributed by atoms with Crippen LogP contribution in [0, 0.1) is 0 Å². The van der Waals surface area contributed by atoms with E-state index in [4.69, 9.17) is 0 Å². The zero-order valence-corrected chi connectivity index (χ0v) is 9.08. The molecule has 0 atom stereocenters. The maximum absolute atomic E-state index is 4.33. The summed E-state index contributed by atoms with van der Waals surface area (Å²) in [6.07, 6.45) is 2.41. The van der Waals surface area contributed by atoms with Gasteiger partial charge in [0.25, 0.3) is 0 Å². The first-order valence-corrected chi connectivity index (χ1v) is 3.94. The van der Waals surface area contributed by atoms with Crippen molar-refractivity contribution in [3.05, 3.63) is 5.32 Å². The van der Waals surface area contributed by atoms with Crippen LogP contribution in [-0.2, 0) is 0 Å². The number of hydrogen-bond acceptors (Lipinski definition) is 2. The predicted molar refractivity (Wildman–Crippen MR) is 41.3 cm³/mol. The molecule has 0 amide bonds. The van der Waals surface area contributed by atoms with Gasteiger partial charge >= 0.3 is 29.6 Å². The Balaban J connectivity index is 0.000000605. The summed E-state index contributed by atoms with van der Waals surface area (Å²) in [5.74, 6) is 1.01. The molecule has 3 nitrogen and oxygen atoms in total. The summed E-state index contributed by atoms with van der Waals surface area (Å²) < 4.78 is 0. The Kier molecular flexibility index (Phi) is 3.69. The van der Waals surface area contributed by atoms with Crippen LogP contribution in [0.3, 0.4) is 0 Å². The summed E-state index contributed by atoms with van der Waals surface area (Å²) in [7, 11) is 0. The summed E-state index contributed by atoms with van der Waals surface area (Å²) in [6.45, 7) is 4.30. The van der Waals surface area contributed by atoms with Gasteiger partial charge in [0.15, 0.2) is 0 Å². The molecule has 1 saturated heterocycles. The Hall–Kier alpha value is 0.270. The molecule has 56 valence electrons. The maximum Gasteiger partial charge on any atom is 1.00 e. The smallest absolute Gasteiger partial charge is 0.426 e. The molecule has 0 N–H and O–H groups in total. The van der Waals surface area contributed by atoms with Gasteiger partial charge in [-0.1, -0.05) is 0 Å². The molecule has 0 unspecified atom stereocenters. The van der Waals surface area contributed by atoms with Gasteiger partial charge in [0.05, 0.1) is 0 Å². The third-order valence-corrected chi connectivity index (χ3v) is 1.96. The topological polar surface area (TPSA) is 29.7 Å². The number of aliphatic imine (C=N–C) groups is 1. The van der Waals surface area contributed by atoms with E-state index in [9.17, 15) is 0 Å². The second-order valence-corrected chi connectivity index (χ2v) is 2.76. The molecular weight excluding hydrogens is 149 g/mol. The zero-order chi connectivity index (χ0) is 6.81. The van der Waals surface area contributed by atoms with E-state index in [1.807, 2.05) is 0 Å². The molecule has 0 aromatic heterocycles. The van der Waals surface area contributed by atoms with Gasteiger partial charge in [-0.05, 0) is 39.0 Å². The second kappa shape index (κ2) is 4.33. The SMILES string of the molecule is C1CN=C2[N-]CCCN2C1.[Na+]. The second-order valence-electron chi connectivity index (χ2n) is 2.76. The minimum atomic E-state index is 0. The van der Waals surface area contributed by atoms with Crippen molar-refractivity contribution in [1.29, 1.82) is 0 Å². The molecule has 0 aromatic rings. The van der Waals surface area contributed by atoms with Gasteiger partial charge < -0.3 is 15.2 Å². The monoisotopic (exact) mass is 161 g/mol. The van der Waals surface area contributed by atoms with E-state index in [1.165, 1.54) is 25.9 Å². The number of guanidine groups is 1. The van der Waals surface area contributed by atoms with Crippen molar-refractivity contribution in [1.82, 2.24) is 4.90 Å². The first kappa shape index (κ1) is 9.36. The summed E-state index contributed by atoms with van der Waals surface area (Å²) in [4.78, 5) is 6.61. The normalized spacial score (nSPS) is 22.5. The van der Waals surface area contributed by atoms with Crippen LogP contribution in [0.1, 0.15) is 12.8 Å². The van der Waals surface area contributed by atoms with Crippen LogP contribution in [-0.4, -0.2) is 37.0 Å². The van der Waals surface area contributed by atoms with Gasteiger partial charge in [-0.2, -0.15) is 0 Å². The first-order chi connectivity index (χ1) is 4.97. The Labute approximate surface area is 89.5 Å². The van der Waals surface area contributed by atoms with Gasteiger partial charge in [-0.25, -0.2) is 0 Å². The molecule has 2 aliphatic heterocycles. The predicted octanol–water partition coefficient (Wildman–Crippen LogP) is -2.17. The van der Waals surface area contributed by atoms with Crippen LogP contribution >= 0.6 is 0 Å². The van der Waals surface area contributed by atoms with E-state index < -0.39 is 0 Å². The van der Waals surface area contributed by atoms with Crippen LogP contribution in [0.2, 0.25) is 0 Å². The molecule has 0 radical (unpaired) electrons. The standard InChI is InChI=1S/C7H12N3.Na/c1-3-8-7-9-4-2-6-10(7)5-1;/h1-6H2;/q-1;+1. The minimum absolute atomic E-state index is 0. The summed E-state index contributed by atoms with van der Waals surface area (Å²) in [5.41, 5.74) is 0. The van der Waals surface area contributed by atoms with Crippen molar-refractivity contribution in [3.8, 4) is 0 Å². The fourth-order valence-electron chi connectivity index (χ4n) is 1.44. The van der Waals surface area contributed by atoms with E-state index in [1.54, 1.807) is 0 Å².